The van der Waals surface area contributed by atoms with E-state index in [0.29, 0.717) is 18.7 Å². The first kappa shape index (κ1) is 18.4. The van der Waals surface area contributed by atoms with Crippen LogP contribution in [0, 0.1) is 0 Å². The molecule has 7 nitrogen and oxygen atoms in total. The van der Waals surface area contributed by atoms with Crippen molar-refractivity contribution in [1.29, 1.82) is 0 Å². The minimum Gasteiger partial charge on any atom is -0.399 e. The molecule has 1 saturated heterocycles. The van der Waals surface area contributed by atoms with Crippen LogP contribution in [0.3, 0.4) is 0 Å². The molecule has 2 N–H and O–H groups in total. The molecule has 2 aromatic rings. The lowest BCUT2D eigenvalue weighted by molar-refractivity contribution is -0.133. The van der Waals surface area contributed by atoms with Crippen LogP contribution in [0.1, 0.15) is 43.6 Å². The average Bonchev–Trinajstić information content (AvgIpc) is 3.16. The molecule has 1 aliphatic rings. The zero-order valence-electron chi connectivity index (χ0n) is 15.5. The van der Waals surface area contributed by atoms with Crippen LogP contribution in [-0.4, -0.2) is 52.0 Å². The van der Waals surface area contributed by atoms with Gasteiger partial charge in [0, 0.05) is 44.7 Å². The highest BCUT2D eigenvalue weighted by atomic mass is 16.5. The topological polar surface area (TPSA) is 88.5 Å². The number of carbonyl (C=O) groups excluding carboxylic acids is 1. The number of anilines is 1. The van der Waals surface area contributed by atoms with Gasteiger partial charge in [-0.25, -0.2) is 0 Å². The van der Waals surface area contributed by atoms with E-state index in [0.717, 1.165) is 49.7 Å². The Morgan fingerprint density at radius 3 is 2.65 bits per heavy atom. The number of benzene rings is 1. The lowest BCUT2D eigenvalue weighted by Crippen LogP contribution is -2.49. The molecule has 1 aromatic carbocycles. The van der Waals surface area contributed by atoms with E-state index in [1.54, 1.807) is 0 Å². The lowest BCUT2D eigenvalue weighted by atomic mass is 10.1. The van der Waals surface area contributed by atoms with E-state index >= 15 is 0 Å². The van der Waals surface area contributed by atoms with Crippen LogP contribution < -0.4 is 5.73 Å². The van der Waals surface area contributed by atoms with Crippen LogP contribution >= 0.6 is 0 Å². The van der Waals surface area contributed by atoms with Gasteiger partial charge >= 0.3 is 0 Å². The van der Waals surface area contributed by atoms with E-state index in [-0.39, 0.29) is 11.9 Å². The molecule has 0 radical (unpaired) electrons. The predicted octanol–water partition coefficient (Wildman–Crippen LogP) is 2.05. The first-order chi connectivity index (χ1) is 12.6. The monoisotopic (exact) mass is 357 g/mol. The number of amides is 1. The van der Waals surface area contributed by atoms with Gasteiger partial charge in [-0.3, -0.25) is 9.69 Å². The second-order valence-corrected chi connectivity index (χ2v) is 6.69. The molecule has 0 aliphatic carbocycles. The number of para-hydroxylation sites is 1. The third kappa shape index (κ3) is 4.22. The second kappa shape index (κ2) is 8.31. The molecule has 1 aliphatic heterocycles. The molecule has 2 heterocycles. The van der Waals surface area contributed by atoms with E-state index < -0.39 is 0 Å². The van der Waals surface area contributed by atoms with Crippen LogP contribution in [-0.2, 0) is 17.6 Å². The first-order valence-electron chi connectivity index (χ1n) is 9.26. The number of nitrogens with zero attached hydrogens (tertiary/aromatic N) is 4. The summed E-state index contributed by atoms with van der Waals surface area (Å²) in [6.45, 7) is 7.15. The summed E-state index contributed by atoms with van der Waals surface area (Å²) in [6.07, 6.45) is 1.95. The number of nitrogen functional groups attached to an aromatic ring is 1. The zero-order valence-corrected chi connectivity index (χ0v) is 15.5. The Labute approximate surface area is 154 Å². The van der Waals surface area contributed by atoms with Crippen LogP contribution in [0.5, 0.6) is 0 Å². The Kier molecular flexibility index (Phi) is 5.88. The van der Waals surface area contributed by atoms with Gasteiger partial charge in [-0.2, -0.15) is 4.98 Å². The smallest absolute Gasteiger partial charge is 0.243 e. The van der Waals surface area contributed by atoms with E-state index in [2.05, 4.69) is 22.0 Å². The van der Waals surface area contributed by atoms with Crippen LogP contribution in [0.2, 0.25) is 0 Å². The van der Waals surface area contributed by atoms with Gasteiger partial charge in [0.2, 0.25) is 11.8 Å². The molecule has 0 saturated carbocycles. The molecule has 1 fully saturated rings. The Bertz CT molecular complexity index is 737. The molecule has 1 aromatic heterocycles. The van der Waals surface area contributed by atoms with E-state index in [1.165, 1.54) is 0 Å². The first-order valence-corrected chi connectivity index (χ1v) is 9.26. The standard InChI is InChI=1S/C19H27N5O2/c1-3-17-21-19(26-22-17)14(2)23-10-12-24(13-11-23)18(25)9-8-15-6-4-5-7-16(15)20/h4-7,14H,3,8-13,20H2,1-2H3. The number of carbonyl (C=O) groups is 1. The zero-order chi connectivity index (χ0) is 18.5. The predicted molar refractivity (Wildman–Crippen MR) is 99.4 cm³/mol. The molecule has 0 spiro atoms. The number of aryl methyl sites for hydroxylation is 2. The highest BCUT2D eigenvalue weighted by Gasteiger charge is 2.27. The summed E-state index contributed by atoms with van der Waals surface area (Å²) in [5.74, 6) is 1.58. The highest BCUT2D eigenvalue weighted by Crippen LogP contribution is 2.21. The van der Waals surface area contributed by atoms with Gasteiger partial charge in [0.25, 0.3) is 0 Å². The summed E-state index contributed by atoms with van der Waals surface area (Å²) in [5, 5.41) is 3.97. The number of nitrogens with two attached hydrogens (primary N) is 1. The van der Waals surface area contributed by atoms with Gasteiger partial charge in [0.15, 0.2) is 5.82 Å². The van der Waals surface area contributed by atoms with Crippen molar-refractivity contribution >= 4 is 11.6 Å². The van der Waals surface area contributed by atoms with Crippen molar-refractivity contribution in [2.75, 3.05) is 31.9 Å². The fourth-order valence-electron chi connectivity index (χ4n) is 3.26. The summed E-state index contributed by atoms with van der Waals surface area (Å²) in [7, 11) is 0. The Morgan fingerprint density at radius 2 is 2.00 bits per heavy atom. The van der Waals surface area contributed by atoms with Gasteiger partial charge in [0.1, 0.15) is 0 Å². The summed E-state index contributed by atoms with van der Waals surface area (Å²) in [5.41, 5.74) is 7.75. The fourth-order valence-corrected chi connectivity index (χ4v) is 3.26. The average molecular weight is 357 g/mol. The minimum atomic E-state index is 0.0733. The molecule has 0 bridgehead atoms. The fraction of sp³-hybridized carbons (Fsp3) is 0.526. The molecule has 1 atom stereocenters. The van der Waals surface area contributed by atoms with Crippen molar-refractivity contribution in [2.45, 2.75) is 39.2 Å². The van der Waals surface area contributed by atoms with Crippen LogP contribution in [0.25, 0.3) is 0 Å². The maximum absolute atomic E-state index is 12.5. The maximum Gasteiger partial charge on any atom is 0.243 e. The van der Waals surface area contributed by atoms with Gasteiger partial charge < -0.3 is 15.2 Å². The third-order valence-electron chi connectivity index (χ3n) is 5.04. The van der Waals surface area contributed by atoms with E-state index in [9.17, 15) is 4.79 Å². The normalized spacial score (nSPS) is 16.6. The highest BCUT2D eigenvalue weighted by molar-refractivity contribution is 5.76. The largest absolute Gasteiger partial charge is 0.399 e. The summed E-state index contributed by atoms with van der Waals surface area (Å²) in [4.78, 5) is 21.1. The Balaban J connectivity index is 1.48. The number of rotatable bonds is 6. The Morgan fingerprint density at radius 1 is 1.27 bits per heavy atom. The molecule has 3 rings (SSSR count). The van der Waals surface area contributed by atoms with Crippen molar-refractivity contribution in [1.82, 2.24) is 19.9 Å². The van der Waals surface area contributed by atoms with Gasteiger partial charge in [-0.1, -0.05) is 30.3 Å². The molecule has 1 unspecified atom stereocenters. The number of aromatic nitrogens is 2. The quantitative estimate of drug-likeness (QED) is 0.796. The summed E-state index contributed by atoms with van der Waals surface area (Å²) < 4.78 is 5.35. The second-order valence-electron chi connectivity index (χ2n) is 6.69. The molecule has 140 valence electrons. The van der Waals surface area contributed by atoms with Crippen molar-refractivity contribution in [3.63, 3.8) is 0 Å². The lowest BCUT2D eigenvalue weighted by Gasteiger charge is -2.36. The van der Waals surface area contributed by atoms with Gasteiger partial charge in [0.05, 0.1) is 6.04 Å². The van der Waals surface area contributed by atoms with Crippen molar-refractivity contribution in [3.8, 4) is 0 Å². The SMILES string of the molecule is CCc1noc(C(C)N2CCN(C(=O)CCc3ccccc3N)CC2)n1. The maximum atomic E-state index is 12.5. The van der Waals surface area contributed by atoms with Crippen molar-refractivity contribution < 1.29 is 9.32 Å². The molecule has 26 heavy (non-hydrogen) atoms. The van der Waals surface area contributed by atoms with Gasteiger partial charge in [-0.15, -0.1) is 0 Å². The van der Waals surface area contributed by atoms with Crippen molar-refractivity contribution in [3.05, 3.63) is 41.5 Å². The Hall–Kier alpha value is -2.41. The number of piperazine rings is 1. The number of hydrogen-bond donors (Lipinski definition) is 1. The van der Waals surface area contributed by atoms with Crippen LogP contribution in [0.15, 0.2) is 28.8 Å². The van der Waals surface area contributed by atoms with E-state index in [1.807, 2.05) is 36.1 Å². The van der Waals surface area contributed by atoms with Gasteiger partial charge in [-0.05, 0) is 25.0 Å². The number of hydrogen-bond acceptors (Lipinski definition) is 6. The summed E-state index contributed by atoms with van der Waals surface area (Å²) in [6, 6.07) is 7.80. The molecule has 7 heteroatoms. The summed E-state index contributed by atoms with van der Waals surface area (Å²) >= 11 is 0. The minimum absolute atomic E-state index is 0.0733. The van der Waals surface area contributed by atoms with Crippen LogP contribution in [0.4, 0.5) is 5.69 Å². The van der Waals surface area contributed by atoms with E-state index in [4.69, 9.17) is 10.3 Å². The van der Waals surface area contributed by atoms with Crippen molar-refractivity contribution in [2.24, 2.45) is 0 Å². The molecular weight excluding hydrogens is 330 g/mol. The third-order valence-corrected chi connectivity index (χ3v) is 5.04. The molecular formula is C19H27N5O2. The molecule has 1 amide bonds.